The van der Waals surface area contributed by atoms with Crippen LogP contribution in [0.1, 0.15) is 10.5 Å². The van der Waals surface area contributed by atoms with E-state index in [0.29, 0.717) is 5.76 Å². The molecule has 3 aromatic rings. The van der Waals surface area contributed by atoms with E-state index < -0.39 is 5.97 Å². The summed E-state index contributed by atoms with van der Waals surface area (Å²) in [5.41, 5.74) is 1.63. The Labute approximate surface area is 106 Å². The first-order valence-electron chi connectivity index (χ1n) is 5.15. The molecule has 0 aromatic carbocycles. The molecule has 5 nitrogen and oxygen atoms in total. The molecule has 18 heavy (non-hydrogen) atoms. The number of furan rings is 1. The fourth-order valence-corrected chi connectivity index (χ4v) is 2.38. The highest BCUT2D eigenvalue weighted by Crippen LogP contribution is 2.29. The van der Waals surface area contributed by atoms with Crippen LogP contribution in [-0.2, 0) is 0 Å². The third-order valence-corrected chi connectivity index (χ3v) is 3.30. The maximum atomic E-state index is 10.8. The number of aromatic nitrogens is 2. The number of thiazole rings is 1. The van der Waals surface area contributed by atoms with Gasteiger partial charge in [0.2, 0.25) is 0 Å². The second-order valence-electron chi connectivity index (χ2n) is 3.62. The maximum Gasteiger partial charge on any atom is 0.352 e. The molecule has 0 aliphatic carbocycles. The van der Waals surface area contributed by atoms with Crippen molar-refractivity contribution in [2.45, 2.75) is 0 Å². The number of hydrogen-bond acceptors (Lipinski definition) is 4. The van der Waals surface area contributed by atoms with E-state index in [1.807, 2.05) is 11.4 Å². The molecule has 0 aliphatic rings. The summed E-state index contributed by atoms with van der Waals surface area (Å²) in [6.07, 6.45) is 3.22. The van der Waals surface area contributed by atoms with Crippen LogP contribution >= 0.6 is 11.3 Å². The Kier molecular flexibility index (Phi) is 2.49. The molecular weight excluding hydrogens is 252 g/mol. The fourth-order valence-electron chi connectivity index (χ4n) is 1.59. The highest BCUT2D eigenvalue weighted by atomic mass is 32.1. The van der Waals surface area contributed by atoms with Gasteiger partial charge >= 0.3 is 5.97 Å². The number of nitrogens with zero attached hydrogens (tertiary/aromatic N) is 1. The molecule has 6 heteroatoms. The SMILES string of the molecule is O=C(O)c1cc(-c2csc(-c3ccco3)n2)c[nH]1. The summed E-state index contributed by atoms with van der Waals surface area (Å²) in [7, 11) is 0. The van der Waals surface area contributed by atoms with Crippen molar-refractivity contribution in [3.63, 3.8) is 0 Å². The third kappa shape index (κ3) is 1.82. The average Bonchev–Trinajstić information content (AvgIpc) is 3.10. The molecule has 0 fully saturated rings. The zero-order valence-electron chi connectivity index (χ0n) is 9.08. The normalized spacial score (nSPS) is 10.7. The lowest BCUT2D eigenvalue weighted by Gasteiger charge is -1.88. The Morgan fingerprint density at radius 1 is 1.50 bits per heavy atom. The molecule has 0 atom stereocenters. The first-order chi connectivity index (χ1) is 8.74. The summed E-state index contributed by atoms with van der Waals surface area (Å²) >= 11 is 1.45. The lowest BCUT2D eigenvalue weighted by molar-refractivity contribution is 0.0691. The van der Waals surface area contributed by atoms with Crippen LogP contribution in [0.25, 0.3) is 22.0 Å². The van der Waals surface area contributed by atoms with Crippen molar-refractivity contribution >= 4 is 17.3 Å². The number of hydrogen-bond donors (Lipinski definition) is 2. The zero-order chi connectivity index (χ0) is 12.5. The van der Waals surface area contributed by atoms with Gasteiger partial charge in [0.15, 0.2) is 10.8 Å². The molecule has 0 radical (unpaired) electrons. The van der Waals surface area contributed by atoms with Crippen molar-refractivity contribution in [3.05, 3.63) is 41.7 Å². The van der Waals surface area contributed by atoms with Gasteiger partial charge in [0.05, 0.1) is 12.0 Å². The van der Waals surface area contributed by atoms with Gasteiger partial charge in [-0.3, -0.25) is 0 Å². The summed E-state index contributed by atoms with van der Waals surface area (Å²) < 4.78 is 5.26. The van der Waals surface area contributed by atoms with Crippen LogP contribution in [0.2, 0.25) is 0 Å². The molecule has 3 aromatic heterocycles. The predicted molar refractivity (Wildman–Crippen MR) is 66.6 cm³/mol. The monoisotopic (exact) mass is 260 g/mol. The average molecular weight is 260 g/mol. The standard InChI is InChI=1S/C12H8N2O3S/c15-12(16)8-4-7(5-13-8)9-6-18-11(14-9)10-2-1-3-17-10/h1-6,13H,(H,15,16). The molecule has 3 heterocycles. The minimum atomic E-state index is -0.984. The molecular formula is C12H8N2O3S. The predicted octanol–water partition coefficient (Wildman–Crippen LogP) is 3.10. The summed E-state index contributed by atoms with van der Waals surface area (Å²) in [5, 5.41) is 11.5. The minimum Gasteiger partial charge on any atom is -0.477 e. The van der Waals surface area contributed by atoms with Gasteiger partial charge in [0, 0.05) is 17.1 Å². The molecule has 0 aliphatic heterocycles. The topological polar surface area (TPSA) is 79.1 Å². The summed E-state index contributed by atoms with van der Waals surface area (Å²) in [4.78, 5) is 17.9. The van der Waals surface area contributed by atoms with Crippen molar-refractivity contribution in [3.8, 4) is 22.0 Å². The van der Waals surface area contributed by atoms with Crippen molar-refractivity contribution in [2.75, 3.05) is 0 Å². The van der Waals surface area contributed by atoms with E-state index in [1.54, 1.807) is 24.6 Å². The van der Waals surface area contributed by atoms with Crippen LogP contribution in [0, 0.1) is 0 Å². The van der Waals surface area contributed by atoms with Gasteiger partial charge in [0.25, 0.3) is 0 Å². The van der Waals surface area contributed by atoms with Gasteiger partial charge in [0.1, 0.15) is 5.69 Å². The maximum absolute atomic E-state index is 10.8. The van der Waals surface area contributed by atoms with Crippen molar-refractivity contribution in [1.82, 2.24) is 9.97 Å². The van der Waals surface area contributed by atoms with Crippen LogP contribution in [0.5, 0.6) is 0 Å². The first-order valence-corrected chi connectivity index (χ1v) is 6.03. The Balaban J connectivity index is 1.95. The van der Waals surface area contributed by atoms with E-state index in [1.165, 1.54) is 11.3 Å². The Morgan fingerprint density at radius 3 is 3.06 bits per heavy atom. The number of carboxylic acid groups (broad SMARTS) is 1. The minimum absolute atomic E-state index is 0.151. The molecule has 0 saturated heterocycles. The fraction of sp³-hybridized carbons (Fsp3) is 0. The first kappa shape index (κ1) is 10.8. The van der Waals surface area contributed by atoms with Crippen molar-refractivity contribution in [2.24, 2.45) is 0 Å². The summed E-state index contributed by atoms with van der Waals surface area (Å²) in [5.74, 6) is -0.275. The van der Waals surface area contributed by atoms with Crippen LogP contribution in [-0.4, -0.2) is 21.0 Å². The molecule has 0 amide bonds. The van der Waals surface area contributed by atoms with Crippen molar-refractivity contribution in [1.29, 1.82) is 0 Å². The van der Waals surface area contributed by atoms with E-state index >= 15 is 0 Å². The second-order valence-corrected chi connectivity index (χ2v) is 4.48. The van der Waals surface area contributed by atoms with Gasteiger partial charge in [-0.2, -0.15) is 0 Å². The molecule has 0 bridgehead atoms. The Hall–Kier alpha value is -2.34. The van der Waals surface area contributed by atoms with E-state index in [9.17, 15) is 4.79 Å². The highest BCUT2D eigenvalue weighted by molar-refractivity contribution is 7.13. The van der Waals surface area contributed by atoms with Gasteiger partial charge in [-0.1, -0.05) is 0 Å². The molecule has 3 rings (SSSR count). The third-order valence-electron chi connectivity index (χ3n) is 2.45. The lowest BCUT2D eigenvalue weighted by atomic mass is 10.2. The van der Waals surface area contributed by atoms with Gasteiger partial charge in [-0.05, 0) is 18.2 Å². The zero-order valence-corrected chi connectivity index (χ0v) is 9.90. The van der Waals surface area contributed by atoms with Gasteiger partial charge < -0.3 is 14.5 Å². The van der Waals surface area contributed by atoms with E-state index in [2.05, 4.69) is 9.97 Å². The Morgan fingerprint density at radius 2 is 2.39 bits per heavy atom. The van der Waals surface area contributed by atoms with Gasteiger partial charge in [-0.15, -0.1) is 11.3 Å². The number of aromatic carboxylic acids is 1. The van der Waals surface area contributed by atoms with Crippen LogP contribution < -0.4 is 0 Å². The number of carboxylic acids is 1. The molecule has 0 unspecified atom stereocenters. The van der Waals surface area contributed by atoms with Crippen LogP contribution in [0.15, 0.2) is 40.5 Å². The van der Waals surface area contributed by atoms with Gasteiger partial charge in [-0.25, -0.2) is 9.78 Å². The molecule has 90 valence electrons. The van der Waals surface area contributed by atoms with Crippen LogP contribution in [0.4, 0.5) is 0 Å². The number of rotatable bonds is 3. The number of H-pyrrole nitrogens is 1. The lowest BCUT2D eigenvalue weighted by Crippen LogP contribution is -1.94. The van der Waals surface area contributed by atoms with E-state index in [-0.39, 0.29) is 5.69 Å². The molecule has 2 N–H and O–H groups in total. The van der Waals surface area contributed by atoms with E-state index in [0.717, 1.165) is 16.3 Å². The largest absolute Gasteiger partial charge is 0.477 e. The van der Waals surface area contributed by atoms with Crippen molar-refractivity contribution < 1.29 is 14.3 Å². The summed E-state index contributed by atoms with van der Waals surface area (Å²) in [6.45, 7) is 0. The quantitative estimate of drug-likeness (QED) is 0.758. The smallest absolute Gasteiger partial charge is 0.352 e. The van der Waals surface area contributed by atoms with Crippen LogP contribution in [0.3, 0.4) is 0 Å². The molecule has 0 saturated carbocycles. The molecule has 0 spiro atoms. The number of aromatic amines is 1. The van der Waals surface area contributed by atoms with E-state index in [4.69, 9.17) is 9.52 Å². The number of carbonyl (C=O) groups is 1. The highest BCUT2D eigenvalue weighted by Gasteiger charge is 2.12. The number of nitrogens with one attached hydrogen (secondary N) is 1. The second kappa shape index (κ2) is 4.15. The summed E-state index contributed by atoms with van der Waals surface area (Å²) in [6, 6.07) is 5.20. The Bertz CT molecular complexity index is 682.